The van der Waals surface area contributed by atoms with Crippen LogP contribution < -0.4 is 16.8 Å². The lowest BCUT2D eigenvalue weighted by molar-refractivity contribution is -0.138. The van der Waals surface area contributed by atoms with E-state index in [4.69, 9.17) is 54.5 Å². The Morgan fingerprint density at radius 1 is 0.541 bits per heavy atom. The highest BCUT2D eigenvalue weighted by molar-refractivity contribution is 5.76. The van der Waals surface area contributed by atoms with Crippen molar-refractivity contribution in [2.75, 3.05) is 119 Å². The highest BCUT2D eigenvalue weighted by Crippen LogP contribution is 1.94. The Bertz CT molecular complexity index is 496. The van der Waals surface area contributed by atoms with Gasteiger partial charge in [-0.15, -0.1) is 0 Å². The summed E-state index contributed by atoms with van der Waals surface area (Å²) in [7, 11) is 0. The van der Waals surface area contributed by atoms with Crippen molar-refractivity contribution in [3.05, 3.63) is 0 Å². The van der Waals surface area contributed by atoms with Crippen LogP contribution in [0, 0.1) is 0 Å². The molecular weight excluding hydrogens is 494 g/mol. The SMILES string of the molecule is NCCOCCOCCOCC(COCCOCCOCCN)NC(=O)CCOCCOCCC(=O)O. The third-order valence-corrected chi connectivity index (χ3v) is 4.32. The molecule has 0 heterocycles. The van der Waals surface area contributed by atoms with Gasteiger partial charge in [-0.2, -0.15) is 0 Å². The molecule has 0 aliphatic heterocycles. The third-order valence-electron chi connectivity index (χ3n) is 4.32. The topological polar surface area (TPSA) is 192 Å². The van der Waals surface area contributed by atoms with Crippen molar-refractivity contribution in [1.82, 2.24) is 5.32 Å². The van der Waals surface area contributed by atoms with Crippen LogP contribution in [0.4, 0.5) is 0 Å². The minimum absolute atomic E-state index is 0.0569. The molecule has 14 nitrogen and oxygen atoms in total. The first-order valence-corrected chi connectivity index (χ1v) is 12.6. The van der Waals surface area contributed by atoms with Gasteiger partial charge in [0.15, 0.2) is 0 Å². The van der Waals surface area contributed by atoms with Crippen molar-refractivity contribution in [1.29, 1.82) is 0 Å². The number of hydrogen-bond acceptors (Lipinski definition) is 12. The van der Waals surface area contributed by atoms with E-state index in [1.54, 1.807) is 0 Å². The van der Waals surface area contributed by atoms with Crippen LogP contribution in [-0.4, -0.2) is 142 Å². The first-order chi connectivity index (χ1) is 18.1. The van der Waals surface area contributed by atoms with Gasteiger partial charge < -0.3 is 59.8 Å². The predicted octanol–water partition coefficient (Wildman–Crippen LogP) is -1.61. The van der Waals surface area contributed by atoms with Crippen molar-refractivity contribution in [2.45, 2.75) is 18.9 Å². The maximum absolute atomic E-state index is 12.3. The molecule has 0 bridgehead atoms. The summed E-state index contributed by atoms with van der Waals surface area (Å²) < 4.78 is 43.0. The fourth-order valence-electron chi connectivity index (χ4n) is 2.58. The molecule has 0 unspecified atom stereocenters. The number of ether oxygens (including phenoxy) is 8. The molecule has 0 spiro atoms. The van der Waals surface area contributed by atoms with Crippen molar-refractivity contribution in [2.24, 2.45) is 11.5 Å². The number of nitrogens with two attached hydrogens (primary N) is 2. The second-order valence-electron chi connectivity index (χ2n) is 7.56. The number of nitrogens with one attached hydrogen (secondary N) is 1. The first-order valence-electron chi connectivity index (χ1n) is 12.6. The fraction of sp³-hybridized carbons (Fsp3) is 0.913. The lowest BCUT2D eigenvalue weighted by Crippen LogP contribution is -2.42. The van der Waals surface area contributed by atoms with Crippen LogP contribution in [0.2, 0.25) is 0 Å². The molecule has 0 aliphatic rings. The normalized spacial score (nSPS) is 11.3. The minimum Gasteiger partial charge on any atom is -0.481 e. The Kier molecular flexibility index (Phi) is 28.0. The highest BCUT2D eigenvalue weighted by Gasteiger charge is 2.13. The van der Waals surface area contributed by atoms with E-state index in [1.807, 2.05) is 0 Å². The zero-order chi connectivity index (χ0) is 27.2. The van der Waals surface area contributed by atoms with Crippen LogP contribution in [-0.2, 0) is 47.5 Å². The smallest absolute Gasteiger partial charge is 0.305 e. The molecular formula is C23H47N3O11. The highest BCUT2D eigenvalue weighted by atomic mass is 16.6. The molecule has 0 aromatic rings. The van der Waals surface area contributed by atoms with Gasteiger partial charge in [-0.3, -0.25) is 9.59 Å². The molecule has 0 saturated heterocycles. The lowest BCUT2D eigenvalue weighted by atomic mass is 10.3. The number of carbonyl (C=O) groups is 2. The summed E-state index contributed by atoms with van der Waals surface area (Å²) in [6, 6.07) is -0.354. The summed E-state index contributed by atoms with van der Waals surface area (Å²) in [5.41, 5.74) is 10.7. The third kappa shape index (κ3) is 29.0. The molecule has 0 aliphatic carbocycles. The lowest BCUT2D eigenvalue weighted by Gasteiger charge is -2.19. The van der Waals surface area contributed by atoms with E-state index in [2.05, 4.69) is 5.32 Å². The summed E-state index contributed by atoms with van der Waals surface area (Å²) in [5, 5.41) is 11.4. The molecule has 1 amide bonds. The molecule has 0 fully saturated rings. The summed E-state index contributed by atoms with van der Waals surface area (Å²) >= 11 is 0. The largest absolute Gasteiger partial charge is 0.481 e. The number of carboxylic acids is 1. The van der Waals surface area contributed by atoms with E-state index in [1.165, 1.54) is 0 Å². The molecule has 0 saturated carbocycles. The van der Waals surface area contributed by atoms with Crippen LogP contribution in [0.3, 0.4) is 0 Å². The number of hydrogen-bond donors (Lipinski definition) is 4. The Balaban J connectivity index is 4.06. The Morgan fingerprint density at radius 2 is 0.892 bits per heavy atom. The monoisotopic (exact) mass is 541 g/mol. The Hall–Kier alpha value is -1.46. The average Bonchev–Trinajstić information content (AvgIpc) is 2.87. The van der Waals surface area contributed by atoms with Gasteiger partial charge in [0.1, 0.15) is 0 Å². The fourth-order valence-corrected chi connectivity index (χ4v) is 2.58. The van der Waals surface area contributed by atoms with Crippen LogP contribution in [0.1, 0.15) is 12.8 Å². The van der Waals surface area contributed by atoms with Gasteiger partial charge in [0.2, 0.25) is 5.91 Å². The van der Waals surface area contributed by atoms with Crippen LogP contribution in [0.25, 0.3) is 0 Å². The van der Waals surface area contributed by atoms with E-state index < -0.39 is 5.97 Å². The van der Waals surface area contributed by atoms with Crippen LogP contribution in [0.5, 0.6) is 0 Å². The van der Waals surface area contributed by atoms with Gasteiger partial charge in [-0.1, -0.05) is 0 Å². The van der Waals surface area contributed by atoms with Gasteiger partial charge in [-0.05, 0) is 0 Å². The quantitative estimate of drug-likeness (QED) is 0.0760. The van der Waals surface area contributed by atoms with Crippen molar-refractivity contribution in [3.63, 3.8) is 0 Å². The Labute approximate surface area is 219 Å². The molecule has 220 valence electrons. The van der Waals surface area contributed by atoms with E-state index in [0.29, 0.717) is 79.2 Å². The number of rotatable bonds is 30. The molecule has 0 rings (SSSR count). The predicted molar refractivity (Wildman–Crippen MR) is 133 cm³/mol. The second-order valence-corrected chi connectivity index (χ2v) is 7.56. The zero-order valence-electron chi connectivity index (χ0n) is 21.9. The Morgan fingerprint density at radius 3 is 1.30 bits per heavy atom. The van der Waals surface area contributed by atoms with Gasteiger partial charge in [0, 0.05) is 19.5 Å². The van der Waals surface area contributed by atoms with E-state index >= 15 is 0 Å². The number of carboxylic acid groups (broad SMARTS) is 1. The van der Waals surface area contributed by atoms with E-state index in [0.717, 1.165) is 0 Å². The molecule has 0 aromatic heterocycles. The molecule has 0 radical (unpaired) electrons. The summed E-state index contributed by atoms with van der Waals surface area (Å²) in [6.07, 6.45) is 0.0993. The summed E-state index contributed by atoms with van der Waals surface area (Å²) in [5.74, 6) is -1.12. The minimum atomic E-state index is -0.916. The average molecular weight is 542 g/mol. The molecule has 37 heavy (non-hydrogen) atoms. The van der Waals surface area contributed by atoms with Crippen LogP contribution in [0.15, 0.2) is 0 Å². The van der Waals surface area contributed by atoms with Gasteiger partial charge in [0.05, 0.1) is 118 Å². The standard InChI is InChI=1S/C23H47N3O11/c24-3-7-32-11-13-34-15-17-36-19-21(20-37-18-16-35-14-12-33-8-4-25)26-22(27)1-5-30-9-10-31-6-2-23(28)29/h21H,1-20,24-25H2,(H,26,27)(H,28,29). The maximum Gasteiger partial charge on any atom is 0.305 e. The molecule has 0 aromatic carbocycles. The number of aliphatic carboxylic acids is 1. The summed E-state index contributed by atoms with van der Waals surface area (Å²) in [6.45, 7) is 6.71. The van der Waals surface area contributed by atoms with Gasteiger partial charge in [-0.25, -0.2) is 0 Å². The second kappa shape index (κ2) is 29.1. The van der Waals surface area contributed by atoms with E-state index in [-0.39, 0.29) is 64.4 Å². The van der Waals surface area contributed by atoms with E-state index in [9.17, 15) is 9.59 Å². The molecule has 0 atom stereocenters. The first kappa shape index (κ1) is 35.5. The summed E-state index contributed by atoms with van der Waals surface area (Å²) in [4.78, 5) is 22.7. The van der Waals surface area contributed by atoms with Crippen molar-refractivity contribution < 1.29 is 52.6 Å². The molecule has 6 N–H and O–H groups in total. The van der Waals surface area contributed by atoms with Gasteiger partial charge in [0.25, 0.3) is 0 Å². The van der Waals surface area contributed by atoms with Gasteiger partial charge >= 0.3 is 5.97 Å². The molecule has 14 heteroatoms. The zero-order valence-corrected chi connectivity index (χ0v) is 21.9. The maximum atomic E-state index is 12.3. The number of amides is 1. The number of carbonyl (C=O) groups excluding carboxylic acids is 1. The van der Waals surface area contributed by atoms with Crippen molar-refractivity contribution in [3.8, 4) is 0 Å². The van der Waals surface area contributed by atoms with Crippen LogP contribution >= 0.6 is 0 Å². The van der Waals surface area contributed by atoms with Crippen molar-refractivity contribution >= 4 is 11.9 Å².